The highest BCUT2D eigenvalue weighted by Crippen LogP contribution is 2.35. The number of furan rings is 1. The number of nitro groups is 1. The number of rotatable bonds is 6. The van der Waals surface area contributed by atoms with Gasteiger partial charge in [0.1, 0.15) is 16.3 Å². The fraction of sp³-hybridized carbons (Fsp3) is 0.550. The highest BCUT2D eigenvalue weighted by molar-refractivity contribution is 7.10. The molecular weight excluding hydrogens is 394 g/mol. The van der Waals surface area contributed by atoms with Crippen LogP contribution in [0.2, 0.25) is 0 Å². The van der Waals surface area contributed by atoms with E-state index >= 15 is 0 Å². The lowest BCUT2D eigenvalue weighted by Crippen LogP contribution is -2.64. The third-order valence-corrected chi connectivity index (χ3v) is 6.60. The number of hydrogen-bond acceptors (Lipinski definition) is 7. The van der Waals surface area contributed by atoms with E-state index in [1.807, 2.05) is 17.5 Å². The lowest BCUT2D eigenvalue weighted by atomic mass is 9.78. The Kier molecular flexibility index (Phi) is 5.98. The van der Waals surface area contributed by atoms with E-state index in [0.717, 1.165) is 37.1 Å². The molecule has 2 aromatic rings. The van der Waals surface area contributed by atoms with Crippen molar-refractivity contribution in [2.45, 2.75) is 50.3 Å². The van der Waals surface area contributed by atoms with Crippen molar-refractivity contribution in [1.82, 2.24) is 10.2 Å². The number of nitrogens with zero attached hydrogens (tertiary/aromatic N) is 2. The van der Waals surface area contributed by atoms with Crippen molar-refractivity contribution in [3.05, 3.63) is 50.4 Å². The smallest absolute Gasteiger partial charge is 0.404 e. The molecule has 1 spiro atoms. The molecule has 0 bridgehead atoms. The molecular formula is C20H25N3O5S. The third-order valence-electron chi connectivity index (χ3n) is 5.72. The van der Waals surface area contributed by atoms with Crippen molar-refractivity contribution >= 4 is 23.1 Å². The van der Waals surface area contributed by atoms with E-state index in [-0.39, 0.29) is 17.8 Å². The van der Waals surface area contributed by atoms with E-state index in [9.17, 15) is 14.9 Å². The number of amides is 1. The number of carbonyl (C=O) groups is 1. The molecule has 156 valence electrons. The van der Waals surface area contributed by atoms with Crippen LogP contribution < -0.4 is 5.32 Å². The first-order valence-electron chi connectivity index (χ1n) is 9.95. The van der Waals surface area contributed by atoms with Crippen LogP contribution in [0.4, 0.5) is 5.88 Å². The molecule has 1 aliphatic carbocycles. The molecule has 29 heavy (non-hydrogen) atoms. The number of hydrogen-bond donors (Lipinski definition) is 1. The van der Waals surface area contributed by atoms with Gasteiger partial charge in [-0.25, -0.2) is 0 Å². The Balaban J connectivity index is 1.42. The lowest BCUT2D eigenvalue weighted by molar-refractivity contribution is -0.402. The minimum atomic E-state index is -0.523. The number of nitrogens with one attached hydrogen (secondary N) is 1. The van der Waals surface area contributed by atoms with Crippen LogP contribution in [0, 0.1) is 10.1 Å². The Morgan fingerprint density at radius 3 is 3.03 bits per heavy atom. The quantitative estimate of drug-likeness (QED) is 0.571. The van der Waals surface area contributed by atoms with Crippen molar-refractivity contribution in [3.8, 4) is 0 Å². The predicted octanol–water partition coefficient (Wildman–Crippen LogP) is 3.12. The van der Waals surface area contributed by atoms with Crippen molar-refractivity contribution in [2.24, 2.45) is 0 Å². The van der Waals surface area contributed by atoms with Gasteiger partial charge in [0.15, 0.2) is 0 Å². The van der Waals surface area contributed by atoms with Gasteiger partial charge in [-0.3, -0.25) is 19.8 Å². The monoisotopic (exact) mass is 419 g/mol. The van der Waals surface area contributed by atoms with E-state index < -0.39 is 10.5 Å². The average molecular weight is 420 g/mol. The summed E-state index contributed by atoms with van der Waals surface area (Å²) in [6, 6.07) is 6.94. The zero-order chi connectivity index (χ0) is 20.3. The maximum Gasteiger partial charge on any atom is 0.433 e. The lowest BCUT2D eigenvalue weighted by Gasteiger charge is -2.49. The molecule has 8 nitrogen and oxygen atoms in total. The normalized spacial score (nSPS) is 25.2. The summed E-state index contributed by atoms with van der Waals surface area (Å²) in [5.41, 5.74) is -0.417. The minimum absolute atomic E-state index is 0.0288. The first-order valence-corrected chi connectivity index (χ1v) is 10.8. The van der Waals surface area contributed by atoms with E-state index in [1.54, 1.807) is 17.4 Å². The predicted molar refractivity (Wildman–Crippen MR) is 108 cm³/mol. The first kappa shape index (κ1) is 20.1. The Morgan fingerprint density at radius 2 is 2.28 bits per heavy atom. The molecule has 2 aromatic heterocycles. The Morgan fingerprint density at radius 1 is 1.38 bits per heavy atom. The number of ether oxygens (including phenoxy) is 1. The van der Waals surface area contributed by atoms with E-state index in [4.69, 9.17) is 9.15 Å². The summed E-state index contributed by atoms with van der Waals surface area (Å²) in [7, 11) is 0. The zero-order valence-electron chi connectivity index (χ0n) is 16.2. The fourth-order valence-electron chi connectivity index (χ4n) is 4.38. The molecule has 2 atom stereocenters. The summed E-state index contributed by atoms with van der Waals surface area (Å²) >= 11 is 1.59. The largest absolute Gasteiger partial charge is 0.433 e. The summed E-state index contributed by atoms with van der Waals surface area (Å²) in [6.45, 7) is 2.46. The van der Waals surface area contributed by atoms with Gasteiger partial charge in [0, 0.05) is 18.0 Å². The van der Waals surface area contributed by atoms with Crippen LogP contribution in [0.5, 0.6) is 0 Å². The summed E-state index contributed by atoms with van der Waals surface area (Å²) in [5.74, 6) is 0.364. The molecule has 1 N–H and O–H groups in total. The summed E-state index contributed by atoms with van der Waals surface area (Å²) in [5, 5.41) is 16.0. The van der Waals surface area contributed by atoms with Crippen molar-refractivity contribution in [1.29, 1.82) is 0 Å². The highest BCUT2D eigenvalue weighted by atomic mass is 32.1. The second-order valence-electron chi connectivity index (χ2n) is 7.74. The van der Waals surface area contributed by atoms with Crippen molar-refractivity contribution in [3.63, 3.8) is 0 Å². The molecule has 1 aliphatic heterocycles. The van der Waals surface area contributed by atoms with Gasteiger partial charge in [0.25, 0.3) is 0 Å². The second kappa shape index (κ2) is 8.64. The summed E-state index contributed by atoms with van der Waals surface area (Å²) < 4.78 is 11.6. The van der Waals surface area contributed by atoms with Gasteiger partial charge >= 0.3 is 5.88 Å². The topological polar surface area (TPSA) is 97.9 Å². The minimum Gasteiger partial charge on any atom is -0.404 e. The molecule has 0 unspecified atom stereocenters. The molecule has 4 rings (SSSR count). The number of thiophene rings is 1. The van der Waals surface area contributed by atoms with Crippen molar-refractivity contribution < 1.29 is 18.9 Å². The molecule has 0 radical (unpaired) electrons. The van der Waals surface area contributed by atoms with E-state index in [2.05, 4.69) is 10.2 Å². The molecule has 9 heteroatoms. The van der Waals surface area contributed by atoms with Gasteiger partial charge in [-0.2, -0.15) is 0 Å². The standard InChI is InChI=1S/C20H25N3O5S/c24-18(12-16-4-3-11-29-16)21-17-5-1-2-8-20(17)14-22(9-10-27-20)13-15-6-7-19(28-15)23(25)26/h3-4,6-7,11,17H,1-2,5,8-10,12-14H2,(H,21,24)/t17-,20-/m1/s1. The SMILES string of the molecule is O=C(Cc1cccs1)N[C@@H]1CCCC[C@@]12CN(Cc1ccc([N+](=O)[O-])o1)CCO2. The highest BCUT2D eigenvalue weighted by Gasteiger charge is 2.45. The molecule has 2 fully saturated rings. The molecule has 0 aromatic carbocycles. The Labute approximate surface area is 173 Å². The fourth-order valence-corrected chi connectivity index (χ4v) is 5.08. The number of morpholine rings is 1. The van der Waals surface area contributed by atoms with Gasteiger partial charge < -0.3 is 14.5 Å². The second-order valence-corrected chi connectivity index (χ2v) is 8.78. The molecule has 2 aliphatic rings. The first-order chi connectivity index (χ1) is 14.0. The molecule has 3 heterocycles. The maximum absolute atomic E-state index is 12.6. The van der Waals surface area contributed by atoms with Crippen LogP contribution in [-0.4, -0.2) is 47.1 Å². The Hall–Kier alpha value is -2.23. The van der Waals surface area contributed by atoms with Crippen LogP contribution in [0.25, 0.3) is 0 Å². The molecule has 1 saturated carbocycles. The maximum atomic E-state index is 12.6. The summed E-state index contributed by atoms with van der Waals surface area (Å²) in [4.78, 5) is 26.2. The van der Waals surface area contributed by atoms with E-state index in [1.165, 1.54) is 6.07 Å². The van der Waals surface area contributed by atoms with Crippen LogP contribution in [0.15, 0.2) is 34.1 Å². The van der Waals surface area contributed by atoms with Gasteiger partial charge in [0.2, 0.25) is 5.91 Å². The van der Waals surface area contributed by atoms with Gasteiger partial charge in [-0.05, 0) is 30.4 Å². The van der Waals surface area contributed by atoms with Gasteiger partial charge in [-0.1, -0.05) is 18.9 Å². The van der Waals surface area contributed by atoms with Crippen LogP contribution in [0.3, 0.4) is 0 Å². The van der Waals surface area contributed by atoms with E-state index in [0.29, 0.717) is 31.9 Å². The molecule has 1 amide bonds. The summed E-state index contributed by atoms with van der Waals surface area (Å²) in [6.07, 6.45) is 4.32. The van der Waals surface area contributed by atoms with Crippen molar-refractivity contribution in [2.75, 3.05) is 19.7 Å². The zero-order valence-corrected chi connectivity index (χ0v) is 17.0. The van der Waals surface area contributed by atoms with Crippen LogP contribution in [-0.2, 0) is 22.5 Å². The third kappa shape index (κ3) is 4.68. The number of carbonyl (C=O) groups excluding carboxylic acids is 1. The van der Waals surface area contributed by atoms with Gasteiger partial charge in [-0.15, -0.1) is 11.3 Å². The molecule has 1 saturated heterocycles. The average Bonchev–Trinajstić information content (AvgIpc) is 3.36. The van der Waals surface area contributed by atoms with Gasteiger partial charge in [0.05, 0.1) is 31.7 Å². The van der Waals surface area contributed by atoms with Crippen LogP contribution >= 0.6 is 11.3 Å². The van der Waals surface area contributed by atoms with Crippen LogP contribution in [0.1, 0.15) is 36.3 Å². The Bertz CT molecular complexity index is 848.